The van der Waals surface area contributed by atoms with Gasteiger partial charge in [-0.3, -0.25) is 14.5 Å². The van der Waals surface area contributed by atoms with E-state index >= 15 is 0 Å². The molecule has 0 bridgehead atoms. The van der Waals surface area contributed by atoms with Gasteiger partial charge >= 0.3 is 0 Å². The smallest absolute Gasteiger partial charge is 0.257 e. The first-order valence-corrected chi connectivity index (χ1v) is 7.41. The third-order valence-corrected chi connectivity index (χ3v) is 3.93. The lowest BCUT2D eigenvalue weighted by Crippen LogP contribution is -2.14. The third-order valence-electron chi connectivity index (χ3n) is 3.93. The number of nitrogens with zero attached hydrogens (tertiary/aromatic N) is 3. The number of anilines is 1. The SMILES string of the molecule is Cn1ccc(NC(=O)c2cc(C3CC3)nc3ccccc23)n1. The molecule has 0 saturated heterocycles. The first kappa shape index (κ1) is 13.0. The summed E-state index contributed by atoms with van der Waals surface area (Å²) < 4.78 is 1.66. The van der Waals surface area contributed by atoms with E-state index < -0.39 is 0 Å². The summed E-state index contributed by atoms with van der Waals surface area (Å²) in [5.74, 6) is 0.923. The average Bonchev–Trinajstić information content (AvgIpc) is 3.30. The van der Waals surface area contributed by atoms with Crippen molar-refractivity contribution >= 4 is 22.6 Å². The van der Waals surface area contributed by atoms with Crippen LogP contribution >= 0.6 is 0 Å². The number of carbonyl (C=O) groups is 1. The standard InChI is InChI=1S/C17H16N4O/c1-21-9-8-16(20-21)19-17(22)13-10-15(11-6-7-11)18-14-5-3-2-4-12(13)14/h2-5,8-11H,6-7H2,1H3,(H,19,20,22). The van der Waals surface area contributed by atoms with E-state index in [1.165, 1.54) is 0 Å². The molecule has 110 valence electrons. The molecule has 22 heavy (non-hydrogen) atoms. The van der Waals surface area contributed by atoms with Gasteiger partial charge in [-0.05, 0) is 25.0 Å². The maximum absolute atomic E-state index is 12.6. The number of carbonyl (C=O) groups excluding carboxylic acids is 1. The van der Waals surface area contributed by atoms with Gasteiger partial charge in [-0.25, -0.2) is 0 Å². The zero-order valence-electron chi connectivity index (χ0n) is 12.3. The van der Waals surface area contributed by atoms with Crippen LogP contribution in [-0.2, 0) is 7.05 Å². The predicted molar refractivity (Wildman–Crippen MR) is 84.9 cm³/mol. The molecule has 0 spiro atoms. The number of aryl methyl sites for hydroxylation is 1. The number of hydrogen-bond acceptors (Lipinski definition) is 3. The van der Waals surface area contributed by atoms with E-state index in [0.29, 0.717) is 17.3 Å². The summed E-state index contributed by atoms with van der Waals surface area (Å²) in [4.78, 5) is 17.3. The third kappa shape index (κ3) is 2.35. The van der Waals surface area contributed by atoms with Crippen molar-refractivity contribution in [3.05, 3.63) is 53.9 Å². The van der Waals surface area contributed by atoms with Crippen molar-refractivity contribution in [2.24, 2.45) is 7.05 Å². The summed E-state index contributed by atoms with van der Waals surface area (Å²) in [5, 5.41) is 7.93. The predicted octanol–water partition coefficient (Wildman–Crippen LogP) is 3.10. The molecule has 0 atom stereocenters. The normalized spacial score (nSPS) is 14.2. The summed E-state index contributed by atoms with van der Waals surface area (Å²) in [7, 11) is 1.82. The number of para-hydroxylation sites is 1. The molecule has 1 saturated carbocycles. The van der Waals surface area contributed by atoms with Crippen LogP contribution in [-0.4, -0.2) is 20.7 Å². The second-order valence-electron chi connectivity index (χ2n) is 5.71. The van der Waals surface area contributed by atoms with Gasteiger partial charge in [0.05, 0.1) is 11.1 Å². The van der Waals surface area contributed by atoms with Gasteiger partial charge in [-0.1, -0.05) is 18.2 Å². The second kappa shape index (κ2) is 4.94. The van der Waals surface area contributed by atoms with Gasteiger partial charge in [0.1, 0.15) is 0 Å². The first-order valence-electron chi connectivity index (χ1n) is 7.41. The monoisotopic (exact) mass is 292 g/mol. The molecule has 1 aliphatic rings. The van der Waals surface area contributed by atoms with Crippen LogP contribution in [0.25, 0.3) is 10.9 Å². The molecule has 2 aromatic heterocycles. The van der Waals surface area contributed by atoms with Crippen LogP contribution in [0.5, 0.6) is 0 Å². The minimum Gasteiger partial charge on any atom is -0.305 e. The molecule has 0 aliphatic heterocycles. The van der Waals surface area contributed by atoms with Crippen LogP contribution in [0, 0.1) is 0 Å². The van der Waals surface area contributed by atoms with Gasteiger partial charge < -0.3 is 5.32 Å². The molecule has 2 heterocycles. The van der Waals surface area contributed by atoms with Crippen molar-refractivity contribution in [2.45, 2.75) is 18.8 Å². The molecule has 5 nitrogen and oxygen atoms in total. The van der Waals surface area contributed by atoms with Crippen LogP contribution in [0.4, 0.5) is 5.82 Å². The number of nitrogens with one attached hydrogen (secondary N) is 1. The number of pyridine rings is 1. The Kier molecular flexibility index (Phi) is 2.92. The first-order chi connectivity index (χ1) is 10.7. The maximum atomic E-state index is 12.6. The fourth-order valence-corrected chi connectivity index (χ4v) is 2.64. The second-order valence-corrected chi connectivity index (χ2v) is 5.71. The largest absolute Gasteiger partial charge is 0.305 e. The van der Waals surface area contributed by atoms with Crippen molar-refractivity contribution in [3.63, 3.8) is 0 Å². The van der Waals surface area contributed by atoms with Crippen LogP contribution in [0.1, 0.15) is 34.8 Å². The Balaban J connectivity index is 1.77. The Morgan fingerprint density at radius 3 is 2.82 bits per heavy atom. The van der Waals surface area contributed by atoms with Crippen molar-refractivity contribution in [3.8, 4) is 0 Å². The lowest BCUT2D eigenvalue weighted by molar-refractivity contribution is 0.102. The zero-order valence-corrected chi connectivity index (χ0v) is 12.3. The molecule has 1 N–H and O–H groups in total. The quantitative estimate of drug-likeness (QED) is 0.807. The van der Waals surface area contributed by atoms with Gasteiger partial charge in [-0.15, -0.1) is 0 Å². The minimum atomic E-state index is -0.140. The van der Waals surface area contributed by atoms with Crippen LogP contribution in [0.15, 0.2) is 42.6 Å². The van der Waals surface area contributed by atoms with Crippen molar-refractivity contribution < 1.29 is 4.79 Å². The van der Waals surface area contributed by atoms with E-state index in [4.69, 9.17) is 4.98 Å². The topological polar surface area (TPSA) is 59.8 Å². The number of amides is 1. The molecule has 0 radical (unpaired) electrons. The van der Waals surface area contributed by atoms with Crippen LogP contribution < -0.4 is 5.32 Å². The molecular weight excluding hydrogens is 276 g/mol. The number of fused-ring (bicyclic) bond motifs is 1. The van der Waals surface area contributed by atoms with E-state index in [1.54, 1.807) is 16.9 Å². The Hall–Kier alpha value is -2.69. The molecular formula is C17H16N4O. The molecule has 5 heteroatoms. The highest BCUT2D eigenvalue weighted by atomic mass is 16.1. The lowest BCUT2D eigenvalue weighted by atomic mass is 10.1. The van der Waals surface area contributed by atoms with Gasteiger partial charge in [0.25, 0.3) is 5.91 Å². The number of aromatic nitrogens is 3. The van der Waals surface area contributed by atoms with Crippen LogP contribution in [0.3, 0.4) is 0 Å². The molecule has 1 amide bonds. The summed E-state index contributed by atoms with van der Waals surface area (Å²) in [6.07, 6.45) is 4.12. The van der Waals surface area contributed by atoms with Gasteiger partial charge in [-0.2, -0.15) is 5.10 Å². The highest BCUT2D eigenvalue weighted by Gasteiger charge is 2.27. The molecule has 1 aromatic carbocycles. The van der Waals surface area contributed by atoms with Crippen molar-refractivity contribution in [2.75, 3.05) is 5.32 Å². The molecule has 0 unspecified atom stereocenters. The Bertz CT molecular complexity index is 864. The molecule has 1 aliphatic carbocycles. The van der Waals surface area contributed by atoms with Gasteiger partial charge in [0, 0.05) is 36.3 Å². The van der Waals surface area contributed by atoms with Gasteiger partial charge in [0.2, 0.25) is 0 Å². The van der Waals surface area contributed by atoms with Crippen molar-refractivity contribution in [1.29, 1.82) is 0 Å². The van der Waals surface area contributed by atoms with E-state index in [-0.39, 0.29) is 5.91 Å². The average molecular weight is 292 g/mol. The summed E-state index contributed by atoms with van der Waals surface area (Å²) in [6.45, 7) is 0. The summed E-state index contributed by atoms with van der Waals surface area (Å²) >= 11 is 0. The van der Waals surface area contributed by atoms with Crippen molar-refractivity contribution in [1.82, 2.24) is 14.8 Å². The Morgan fingerprint density at radius 2 is 2.09 bits per heavy atom. The Morgan fingerprint density at radius 1 is 1.27 bits per heavy atom. The summed E-state index contributed by atoms with van der Waals surface area (Å²) in [6, 6.07) is 11.5. The number of hydrogen-bond donors (Lipinski definition) is 1. The number of rotatable bonds is 3. The van der Waals surface area contributed by atoms with Gasteiger partial charge in [0.15, 0.2) is 5.82 Å². The maximum Gasteiger partial charge on any atom is 0.257 e. The fraction of sp³-hybridized carbons (Fsp3) is 0.235. The minimum absolute atomic E-state index is 0.140. The van der Waals surface area contributed by atoms with E-state index in [0.717, 1.165) is 29.4 Å². The molecule has 1 fully saturated rings. The Labute approximate surface area is 128 Å². The highest BCUT2D eigenvalue weighted by molar-refractivity contribution is 6.12. The van der Waals surface area contributed by atoms with E-state index in [1.807, 2.05) is 37.4 Å². The lowest BCUT2D eigenvalue weighted by Gasteiger charge is -2.09. The zero-order chi connectivity index (χ0) is 15.1. The molecule has 3 aromatic rings. The van der Waals surface area contributed by atoms with Crippen LogP contribution in [0.2, 0.25) is 0 Å². The number of benzene rings is 1. The summed E-state index contributed by atoms with van der Waals surface area (Å²) in [5.41, 5.74) is 2.56. The van der Waals surface area contributed by atoms with E-state index in [9.17, 15) is 4.79 Å². The highest BCUT2D eigenvalue weighted by Crippen LogP contribution is 2.40. The molecule has 4 rings (SSSR count). The fourth-order valence-electron chi connectivity index (χ4n) is 2.64. The van der Waals surface area contributed by atoms with E-state index in [2.05, 4.69) is 10.4 Å².